The first-order chi connectivity index (χ1) is 10.4. The highest BCUT2D eigenvalue weighted by molar-refractivity contribution is 5.97. The normalized spacial score (nSPS) is 11.1. The molecule has 0 saturated heterocycles. The minimum absolute atomic E-state index is 0.169. The fourth-order valence-electron chi connectivity index (χ4n) is 2.04. The first-order valence-electron chi connectivity index (χ1n) is 6.31. The molecule has 2 aromatic carbocycles. The van der Waals surface area contributed by atoms with Crippen molar-refractivity contribution >= 4 is 5.97 Å². The maximum Gasteiger partial charge on any atom is 0.416 e. The summed E-state index contributed by atoms with van der Waals surface area (Å²) in [4.78, 5) is 11.8. The van der Waals surface area contributed by atoms with Crippen LogP contribution in [0.3, 0.4) is 0 Å². The molecule has 0 spiro atoms. The highest BCUT2D eigenvalue weighted by Crippen LogP contribution is 2.34. The summed E-state index contributed by atoms with van der Waals surface area (Å²) in [6.45, 7) is 0. The van der Waals surface area contributed by atoms with Crippen molar-refractivity contribution in [2.75, 3.05) is 14.2 Å². The van der Waals surface area contributed by atoms with Gasteiger partial charge in [0.15, 0.2) is 0 Å². The number of hydrogen-bond donors (Lipinski definition) is 0. The van der Waals surface area contributed by atoms with Gasteiger partial charge in [-0.2, -0.15) is 13.2 Å². The minimum atomic E-state index is -4.46. The predicted molar refractivity (Wildman–Crippen MR) is 74.8 cm³/mol. The van der Waals surface area contributed by atoms with Crippen LogP contribution < -0.4 is 4.74 Å². The lowest BCUT2D eigenvalue weighted by molar-refractivity contribution is -0.137. The molecule has 0 unspecified atom stereocenters. The second-order valence-corrected chi connectivity index (χ2v) is 4.48. The SMILES string of the molecule is COC(=O)c1ccc(OC)cc1-c1cccc(C(F)(F)F)c1. The molecule has 0 fully saturated rings. The van der Waals surface area contributed by atoms with Gasteiger partial charge in [0.05, 0.1) is 25.3 Å². The molecule has 2 aromatic rings. The van der Waals surface area contributed by atoms with Gasteiger partial charge in [-0.05, 0) is 41.5 Å². The van der Waals surface area contributed by atoms with Crippen LogP contribution in [0.2, 0.25) is 0 Å². The van der Waals surface area contributed by atoms with Crippen molar-refractivity contribution in [3.63, 3.8) is 0 Å². The Balaban J connectivity index is 2.62. The number of benzene rings is 2. The molecule has 0 aromatic heterocycles. The van der Waals surface area contributed by atoms with Crippen molar-refractivity contribution in [1.82, 2.24) is 0 Å². The fourth-order valence-corrected chi connectivity index (χ4v) is 2.04. The third-order valence-electron chi connectivity index (χ3n) is 3.13. The molecule has 0 aliphatic carbocycles. The van der Waals surface area contributed by atoms with Crippen LogP contribution in [0.4, 0.5) is 13.2 Å². The van der Waals surface area contributed by atoms with Crippen LogP contribution in [0, 0.1) is 0 Å². The number of alkyl halides is 3. The van der Waals surface area contributed by atoms with Crippen LogP contribution in [0.5, 0.6) is 5.75 Å². The molecule has 2 rings (SSSR count). The van der Waals surface area contributed by atoms with Crippen molar-refractivity contribution in [2.24, 2.45) is 0 Å². The molecular formula is C16H13F3O3. The molecular weight excluding hydrogens is 297 g/mol. The second kappa shape index (κ2) is 6.09. The summed E-state index contributed by atoms with van der Waals surface area (Å²) < 4.78 is 48.2. The van der Waals surface area contributed by atoms with Gasteiger partial charge in [-0.15, -0.1) is 0 Å². The third-order valence-corrected chi connectivity index (χ3v) is 3.13. The summed E-state index contributed by atoms with van der Waals surface area (Å²) >= 11 is 0. The Labute approximate surface area is 125 Å². The van der Waals surface area contributed by atoms with Gasteiger partial charge in [-0.25, -0.2) is 4.79 Å². The number of rotatable bonds is 3. The second-order valence-electron chi connectivity index (χ2n) is 4.48. The molecule has 0 N–H and O–H groups in total. The Morgan fingerprint density at radius 1 is 1.05 bits per heavy atom. The maximum absolute atomic E-state index is 12.8. The molecule has 3 nitrogen and oxygen atoms in total. The molecule has 0 aliphatic heterocycles. The zero-order chi connectivity index (χ0) is 16.3. The van der Waals surface area contributed by atoms with Gasteiger partial charge in [0, 0.05) is 0 Å². The quantitative estimate of drug-likeness (QED) is 0.798. The molecule has 116 valence electrons. The van der Waals surface area contributed by atoms with E-state index >= 15 is 0 Å². The highest BCUT2D eigenvalue weighted by atomic mass is 19.4. The van der Waals surface area contributed by atoms with E-state index in [1.807, 2.05) is 0 Å². The van der Waals surface area contributed by atoms with Gasteiger partial charge in [-0.1, -0.05) is 12.1 Å². The lowest BCUT2D eigenvalue weighted by Gasteiger charge is -2.12. The van der Waals surface area contributed by atoms with E-state index in [-0.39, 0.29) is 11.1 Å². The van der Waals surface area contributed by atoms with Gasteiger partial charge in [-0.3, -0.25) is 0 Å². The molecule has 0 aliphatic rings. The average Bonchev–Trinajstić information content (AvgIpc) is 2.52. The van der Waals surface area contributed by atoms with Gasteiger partial charge in [0.25, 0.3) is 0 Å². The van der Waals surface area contributed by atoms with Crippen molar-refractivity contribution < 1.29 is 27.4 Å². The van der Waals surface area contributed by atoms with Crippen LogP contribution in [-0.4, -0.2) is 20.2 Å². The maximum atomic E-state index is 12.8. The number of halogens is 3. The summed E-state index contributed by atoms with van der Waals surface area (Å²) in [6, 6.07) is 9.25. The van der Waals surface area contributed by atoms with E-state index in [2.05, 4.69) is 4.74 Å². The van der Waals surface area contributed by atoms with Crippen LogP contribution in [0.1, 0.15) is 15.9 Å². The monoisotopic (exact) mass is 310 g/mol. The van der Waals surface area contributed by atoms with Gasteiger partial charge >= 0.3 is 12.1 Å². The molecule has 22 heavy (non-hydrogen) atoms. The number of esters is 1. The molecule has 0 bridgehead atoms. The predicted octanol–water partition coefficient (Wildman–Crippen LogP) is 4.17. The number of methoxy groups -OCH3 is 2. The van der Waals surface area contributed by atoms with Crippen molar-refractivity contribution in [3.05, 3.63) is 53.6 Å². The largest absolute Gasteiger partial charge is 0.497 e. The summed E-state index contributed by atoms with van der Waals surface area (Å²) in [7, 11) is 2.64. The number of ether oxygens (including phenoxy) is 2. The van der Waals surface area contributed by atoms with E-state index < -0.39 is 17.7 Å². The smallest absolute Gasteiger partial charge is 0.416 e. The molecule has 0 heterocycles. The Kier molecular flexibility index (Phi) is 4.40. The van der Waals surface area contributed by atoms with E-state index in [1.54, 1.807) is 6.07 Å². The summed E-state index contributed by atoms with van der Waals surface area (Å²) in [5.41, 5.74) is -0.0438. The lowest BCUT2D eigenvalue weighted by Crippen LogP contribution is -2.06. The highest BCUT2D eigenvalue weighted by Gasteiger charge is 2.30. The van der Waals surface area contributed by atoms with Gasteiger partial charge in [0.2, 0.25) is 0 Å². The van der Waals surface area contributed by atoms with Crippen LogP contribution >= 0.6 is 0 Å². The number of carbonyl (C=O) groups excluding carboxylic acids is 1. The number of carbonyl (C=O) groups is 1. The number of hydrogen-bond acceptors (Lipinski definition) is 3. The van der Waals surface area contributed by atoms with E-state index in [0.717, 1.165) is 12.1 Å². The van der Waals surface area contributed by atoms with E-state index in [1.165, 1.54) is 38.5 Å². The minimum Gasteiger partial charge on any atom is -0.497 e. The standard InChI is InChI=1S/C16H13F3O3/c1-21-12-6-7-13(15(20)22-2)14(9-12)10-4-3-5-11(8-10)16(17,18)19/h3-9H,1-2H3. The summed E-state index contributed by atoms with van der Waals surface area (Å²) in [5.74, 6) is -0.199. The molecule has 0 atom stereocenters. The van der Waals surface area contributed by atoms with Crippen molar-refractivity contribution in [2.45, 2.75) is 6.18 Å². The van der Waals surface area contributed by atoms with E-state index in [9.17, 15) is 18.0 Å². The lowest BCUT2D eigenvalue weighted by atomic mass is 9.97. The average molecular weight is 310 g/mol. The molecule has 0 saturated carbocycles. The van der Waals surface area contributed by atoms with E-state index in [4.69, 9.17) is 4.74 Å². The van der Waals surface area contributed by atoms with E-state index in [0.29, 0.717) is 11.3 Å². The first-order valence-corrected chi connectivity index (χ1v) is 6.31. The van der Waals surface area contributed by atoms with Crippen molar-refractivity contribution in [3.8, 4) is 16.9 Å². The zero-order valence-corrected chi connectivity index (χ0v) is 11.9. The third kappa shape index (κ3) is 3.21. The van der Waals surface area contributed by atoms with Gasteiger partial charge < -0.3 is 9.47 Å². The summed E-state index contributed by atoms with van der Waals surface area (Å²) in [5, 5.41) is 0. The Hall–Kier alpha value is -2.50. The Bertz CT molecular complexity index is 693. The fraction of sp³-hybridized carbons (Fsp3) is 0.188. The summed E-state index contributed by atoms with van der Waals surface area (Å²) in [6.07, 6.45) is -4.46. The van der Waals surface area contributed by atoms with Crippen LogP contribution in [0.25, 0.3) is 11.1 Å². The Morgan fingerprint density at radius 2 is 1.77 bits per heavy atom. The first kappa shape index (κ1) is 15.9. The zero-order valence-electron chi connectivity index (χ0n) is 11.9. The van der Waals surface area contributed by atoms with Crippen LogP contribution in [0.15, 0.2) is 42.5 Å². The molecule has 6 heteroatoms. The molecule has 0 amide bonds. The topological polar surface area (TPSA) is 35.5 Å². The van der Waals surface area contributed by atoms with Crippen molar-refractivity contribution in [1.29, 1.82) is 0 Å². The molecule has 0 radical (unpaired) electrons. The van der Waals surface area contributed by atoms with Gasteiger partial charge in [0.1, 0.15) is 5.75 Å². The Morgan fingerprint density at radius 3 is 2.36 bits per heavy atom. The van der Waals surface area contributed by atoms with Crippen LogP contribution in [-0.2, 0) is 10.9 Å².